The van der Waals surface area contributed by atoms with Crippen molar-refractivity contribution in [3.8, 4) is 5.75 Å². The molecule has 2 N–H and O–H groups in total. The average molecular weight is 354 g/mol. The number of fused-ring (bicyclic) bond motifs is 2. The number of para-hydroxylation sites is 1. The van der Waals surface area contributed by atoms with Gasteiger partial charge in [0.2, 0.25) is 0 Å². The summed E-state index contributed by atoms with van der Waals surface area (Å²) in [6.07, 6.45) is 0. The van der Waals surface area contributed by atoms with Gasteiger partial charge in [0, 0.05) is 16.5 Å². The van der Waals surface area contributed by atoms with E-state index >= 15 is 0 Å². The maximum Gasteiger partial charge on any atom is 0.315 e. The predicted octanol–water partition coefficient (Wildman–Crippen LogP) is 4.37. The molecule has 0 saturated carbocycles. The van der Waals surface area contributed by atoms with Crippen LogP contribution in [-0.4, -0.2) is 12.6 Å². The van der Waals surface area contributed by atoms with Gasteiger partial charge in [-0.25, -0.2) is 9.18 Å². The lowest BCUT2D eigenvalue weighted by Crippen LogP contribution is -2.39. The van der Waals surface area contributed by atoms with Crippen LogP contribution in [0.15, 0.2) is 46.9 Å². The van der Waals surface area contributed by atoms with E-state index in [4.69, 9.17) is 9.15 Å². The Morgan fingerprint density at radius 2 is 2.08 bits per heavy atom. The number of halogens is 1. The van der Waals surface area contributed by atoms with E-state index in [0.29, 0.717) is 23.3 Å². The summed E-state index contributed by atoms with van der Waals surface area (Å²) in [6.45, 7) is 4.10. The van der Waals surface area contributed by atoms with E-state index in [-0.39, 0.29) is 23.9 Å². The fraction of sp³-hybridized carbons (Fsp3) is 0.250. The zero-order valence-electron chi connectivity index (χ0n) is 14.5. The highest BCUT2D eigenvalue weighted by atomic mass is 19.1. The average Bonchev–Trinajstić information content (AvgIpc) is 3.17. The van der Waals surface area contributed by atoms with E-state index in [1.54, 1.807) is 6.07 Å². The van der Waals surface area contributed by atoms with Crippen LogP contribution in [0.3, 0.4) is 0 Å². The van der Waals surface area contributed by atoms with Crippen molar-refractivity contribution in [2.45, 2.75) is 25.9 Å². The Morgan fingerprint density at radius 1 is 1.27 bits per heavy atom. The number of amides is 2. The summed E-state index contributed by atoms with van der Waals surface area (Å²) in [5.41, 5.74) is 2.39. The number of aryl methyl sites for hydroxylation is 1. The van der Waals surface area contributed by atoms with E-state index < -0.39 is 0 Å². The number of benzene rings is 2. The van der Waals surface area contributed by atoms with Crippen molar-refractivity contribution in [3.05, 3.63) is 65.2 Å². The highest BCUT2D eigenvalue weighted by molar-refractivity contribution is 5.82. The molecule has 3 aromatic rings. The lowest BCUT2D eigenvalue weighted by atomic mass is 10.1. The number of ether oxygens (including phenoxy) is 1. The predicted molar refractivity (Wildman–Crippen MR) is 95.7 cm³/mol. The highest BCUT2D eigenvalue weighted by Crippen LogP contribution is 2.32. The molecule has 2 atom stereocenters. The lowest BCUT2D eigenvalue weighted by molar-refractivity contribution is 0.227. The number of rotatable bonds is 3. The molecule has 134 valence electrons. The number of carbonyl (C=O) groups excluding carboxylic acids is 1. The minimum absolute atomic E-state index is 0.190. The smallest absolute Gasteiger partial charge is 0.315 e. The molecule has 2 aromatic carbocycles. The maximum atomic E-state index is 13.5. The van der Waals surface area contributed by atoms with Crippen molar-refractivity contribution in [2.75, 3.05) is 6.61 Å². The van der Waals surface area contributed by atoms with Gasteiger partial charge in [-0.05, 0) is 38.1 Å². The molecule has 0 saturated heterocycles. The Balaban J connectivity index is 1.47. The van der Waals surface area contributed by atoms with Gasteiger partial charge in [0.1, 0.15) is 29.5 Å². The maximum absolute atomic E-state index is 13.5. The van der Waals surface area contributed by atoms with Gasteiger partial charge in [0.25, 0.3) is 0 Å². The van der Waals surface area contributed by atoms with Gasteiger partial charge in [-0.15, -0.1) is 0 Å². The lowest BCUT2D eigenvalue weighted by Gasteiger charge is -2.16. The van der Waals surface area contributed by atoms with Crippen molar-refractivity contribution < 1.29 is 18.3 Å². The second-order valence-corrected chi connectivity index (χ2v) is 6.47. The van der Waals surface area contributed by atoms with Crippen LogP contribution in [0.2, 0.25) is 0 Å². The number of furan rings is 1. The standard InChI is InChI=1S/C20H19FN2O3/c1-11-15-9-13(21)7-8-18(15)26-19(11)12(2)22-20(24)23-16-10-25-17-6-4-3-5-14(16)17/h3-9,12,16H,10H2,1-2H3,(H2,22,23,24). The molecule has 4 rings (SSSR count). The third kappa shape index (κ3) is 2.87. The van der Waals surface area contributed by atoms with Gasteiger partial charge in [-0.1, -0.05) is 18.2 Å². The van der Waals surface area contributed by atoms with Gasteiger partial charge in [0.15, 0.2) is 0 Å². The van der Waals surface area contributed by atoms with Crippen LogP contribution < -0.4 is 15.4 Å². The summed E-state index contributed by atoms with van der Waals surface area (Å²) in [5.74, 6) is 1.09. The summed E-state index contributed by atoms with van der Waals surface area (Å²) in [7, 11) is 0. The van der Waals surface area contributed by atoms with E-state index in [0.717, 1.165) is 16.9 Å². The van der Waals surface area contributed by atoms with E-state index in [1.165, 1.54) is 12.1 Å². The molecule has 5 nitrogen and oxygen atoms in total. The number of hydrogen-bond donors (Lipinski definition) is 2. The quantitative estimate of drug-likeness (QED) is 0.734. The molecule has 1 aliphatic rings. The molecule has 2 amide bonds. The van der Waals surface area contributed by atoms with Crippen LogP contribution in [-0.2, 0) is 0 Å². The molecule has 1 aromatic heterocycles. The SMILES string of the molecule is Cc1c(C(C)NC(=O)NC2COc3ccccc32)oc2ccc(F)cc12. The van der Waals surface area contributed by atoms with Crippen LogP contribution in [0.25, 0.3) is 11.0 Å². The number of urea groups is 1. The van der Waals surface area contributed by atoms with Gasteiger partial charge in [-0.3, -0.25) is 0 Å². The zero-order chi connectivity index (χ0) is 18.3. The second kappa shape index (κ2) is 6.37. The highest BCUT2D eigenvalue weighted by Gasteiger charge is 2.26. The first kappa shape index (κ1) is 16.4. The third-order valence-electron chi connectivity index (χ3n) is 4.68. The summed E-state index contributed by atoms with van der Waals surface area (Å²) in [5, 5.41) is 6.51. The molecule has 6 heteroatoms. The topological polar surface area (TPSA) is 63.5 Å². The molecule has 0 bridgehead atoms. The summed E-state index contributed by atoms with van der Waals surface area (Å²) < 4.78 is 24.8. The minimum atomic E-state index is -0.358. The zero-order valence-corrected chi connectivity index (χ0v) is 14.5. The summed E-state index contributed by atoms with van der Waals surface area (Å²) >= 11 is 0. The molecule has 0 fully saturated rings. The van der Waals surface area contributed by atoms with Gasteiger partial charge < -0.3 is 19.8 Å². The van der Waals surface area contributed by atoms with Crippen molar-refractivity contribution in [1.82, 2.24) is 10.6 Å². The van der Waals surface area contributed by atoms with Crippen LogP contribution in [0, 0.1) is 12.7 Å². The van der Waals surface area contributed by atoms with E-state index in [9.17, 15) is 9.18 Å². The Hall–Kier alpha value is -3.02. The van der Waals surface area contributed by atoms with Gasteiger partial charge in [0.05, 0.1) is 12.1 Å². The monoisotopic (exact) mass is 354 g/mol. The Bertz CT molecular complexity index is 982. The number of nitrogens with one attached hydrogen (secondary N) is 2. The molecular weight excluding hydrogens is 335 g/mol. The second-order valence-electron chi connectivity index (χ2n) is 6.47. The van der Waals surface area contributed by atoms with Gasteiger partial charge in [-0.2, -0.15) is 0 Å². The number of carbonyl (C=O) groups is 1. The fourth-order valence-electron chi connectivity index (χ4n) is 3.37. The first-order chi connectivity index (χ1) is 12.5. The summed E-state index contributed by atoms with van der Waals surface area (Å²) in [4.78, 5) is 12.4. The molecule has 0 radical (unpaired) electrons. The van der Waals surface area contributed by atoms with Crippen molar-refractivity contribution in [3.63, 3.8) is 0 Å². The Morgan fingerprint density at radius 3 is 2.92 bits per heavy atom. The molecule has 1 aliphatic heterocycles. The molecule has 0 aliphatic carbocycles. The minimum Gasteiger partial charge on any atom is -0.491 e. The summed E-state index contributed by atoms with van der Waals surface area (Å²) in [6, 6.07) is 11.2. The molecule has 0 spiro atoms. The Labute approximate surface area is 150 Å². The van der Waals surface area contributed by atoms with E-state index in [1.807, 2.05) is 38.1 Å². The molecule has 26 heavy (non-hydrogen) atoms. The van der Waals surface area contributed by atoms with E-state index in [2.05, 4.69) is 10.6 Å². The van der Waals surface area contributed by atoms with Gasteiger partial charge >= 0.3 is 6.03 Å². The first-order valence-electron chi connectivity index (χ1n) is 8.50. The van der Waals surface area contributed by atoms with Crippen molar-refractivity contribution in [2.24, 2.45) is 0 Å². The molecular formula is C20H19FN2O3. The van der Waals surface area contributed by atoms with Crippen LogP contribution in [0.4, 0.5) is 9.18 Å². The van der Waals surface area contributed by atoms with Crippen LogP contribution in [0.5, 0.6) is 5.75 Å². The van der Waals surface area contributed by atoms with Crippen molar-refractivity contribution in [1.29, 1.82) is 0 Å². The number of hydrogen-bond acceptors (Lipinski definition) is 3. The van der Waals surface area contributed by atoms with Crippen LogP contribution in [0.1, 0.15) is 35.9 Å². The largest absolute Gasteiger partial charge is 0.491 e. The third-order valence-corrected chi connectivity index (χ3v) is 4.68. The Kier molecular flexibility index (Phi) is 4.03. The molecule has 2 unspecified atom stereocenters. The van der Waals surface area contributed by atoms with Crippen molar-refractivity contribution >= 4 is 17.0 Å². The first-order valence-corrected chi connectivity index (χ1v) is 8.50. The normalized spacial score (nSPS) is 16.8. The molecule has 2 heterocycles. The fourth-order valence-corrected chi connectivity index (χ4v) is 3.37. The van der Waals surface area contributed by atoms with Crippen LogP contribution >= 0.6 is 0 Å².